The fourth-order valence-corrected chi connectivity index (χ4v) is 5.51. The summed E-state index contributed by atoms with van der Waals surface area (Å²) in [5.41, 5.74) is 0.863. The van der Waals surface area contributed by atoms with Gasteiger partial charge in [0, 0.05) is 44.3 Å². The predicted octanol–water partition coefficient (Wildman–Crippen LogP) is 2.94. The van der Waals surface area contributed by atoms with Gasteiger partial charge in [-0.15, -0.1) is 10.2 Å². The zero-order valence-corrected chi connectivity index (χ0v) is 18.2. The fraction of sp³-hybridized carbons (Fsp3) is 0.500. The number of halogens is 1. The van der Waals surface area contributed by atoms with Gasteiger partial charge in [0.15, 0.2) is 11.6 Å². The van der Waals surface area contributed by atoms with Crippen molar-refractivity contribution < 1.29 is 8.42 Å². The lowest BCUT2D eigenvalue weighted by atomic mass is 10.1. The van der Waals surface area contributed by atoms with Crippen LogP contribution in [0, 0.1) is 6.92 Å². The molecule has 0 unspecified atom stereocenters. The Bertz CT molecular complexity index is 953. The number of piperidine rings is 1. The maximum Gasteiger partial charge on any atom is 0.243 e. The summed E-state index contributed by atoms with van der Waals surface area (Å²) in [5.74, 6) is 1.71. The Morgan fingerprint density at radius 1 is 0.828 bits per heavy atom. The van der Waals surface area contributed by atoms with Crippen LogP contribution < -0.4 is 9.80 Å². The van der Waals surface area contributed by atoms with Crippen LogP contribution >= 0.6 is 11.6 Å². The van der Waals surface area contributed by atoms with E-state index in [2.05, 4.69) is 20.0 Å². The lowest BCUT2D eigenvalue weighted by Gasteiger charge is -2.34. The molecular formula is C20H26ClN5O2S. The Morgan fingerprint density at radius 2 is 1.41 bits per heavy atom. The van der Waals surface area contributed by atoms with Crippen molar-refractivity contribution in [2.75, 3.05) is 49.1 Å². The molecule has 3 heterocycles. The number of aromatic nitrogens is 2. The molecule has 1 aromatic heterocycles. The minimum Gasteiger partial charge on any atom is -0.355 e. The van der Waals surface area contributed by atoms with Gasteiger partial charge in [-0.25, -0.2) is 8.42 Å². The van der Waals surface area contributed by atoms with E-state index < -0.39 is 10.0 Å². The molecule has 2 aromatic rings. The van der Waals surface area contributed by atoms with Crippen molar-refractivity contribution in [2.45, 2.75) is 31.1 Å². The second-order valence-corrected chi connectivity index (χ2v) is 9.94. The molecule has 0 aliphatic carbocycles. The van der Waals surface area contributed by atoms with Crippen molar-refractivity contribution in [3.8, 4) is 0 Å². The molecule has 9 heteroatoms. The molecule has 0 spiro atoms. The van der Waals surface area contributed by atoms with E-state index in [1.807, 2.05) is 19.1 Å². The minimum absolute atomic E-state index is 0.243. The number of hydrogen-bond acceptors (Lipinski definition) is 6. The van der Waals surface area contributed by atoms with Gasteiger partial charge in [-0.3, -0.25) is 0 Å². The maximum atomic E-state index is 12.9. The van der Waals surface area contributed by atoms with Crippen molar-refractivity contribution in [3.63, 3.8) is 0 Å². The highest BCUT2D eigenvalue weighted by Gasteiger charge is 2.29. The molecule has 2 aliphatic heterocycles. The molecule has 2 fully saturated rings. The van der Waals surface area contributed by atoms with Gasteiger partial charge in [-0.2, -0.15) is 4.31 Å². The average Bonchev–Trinajstić information content (AvgIpc) is 2.76. The summed E-state index contributed by atoms with van der Waals surface area (Å²) in [6, 6.07) is 8.90. The van der Waals surface area contributed by atoms with E-state index in [-0.39, 0.29) is 4.90 Å². The van der Waals surface area contributed by atoms with E-state index in [9.17, 15) is 8.42 Å². The maximum absolute atomic E-state index is 12.9. The molecule has 0 saturated carbocycles. The van der Waals surface area contributed by atoms with Crippen LogP contribution in [0.2, 0.25) is 5.02 Å². The molecule has 2 aliphatic rings. The zero-order valence-electron chi connectivity index (χ0n) is 16.6. The van der Waals surface area contributed by atoms with Gasteiger partial charge in [0.1, 0.15) is 0 Å². The molecule has 156 valence electrons. The van der Waals surface area contributed by atoms with E-state index >= 15 is 0 Å². The van der Waals surface area contributed by atoms with E-state index in [1.54, 1.807) is 12.1 Å². The number of piperazine rings is 1. The SMILES string of the molecule is Cc1ccc(S(=O)(=O)N2CCN(c3ccc(N4CCCCC4)nn3)CC2)cc1Cl. The average molecular weight is 436 g/mol. The van der Waals surface area contributed by atoms with E-state index in [0.29, 0.717) is 31.2 Å². The van der Waals surface area contributed by atoms with Gasteiger partial charge in [0.25, 0.3) is 0 Å². The van der Waals surface area contributed by atoms with Crippen LogP contribution in [0.5, 0.6) is 0 Å². The monoisotopic (exact) mass is 435 g/mol. The zero-order chi connectivity index (χ0) is 20.4. The molecule has 29 heavy (non-hydrogen) atoms. The van der Waals surface area contributed by atoms with Crippen LogP contribution in [0.4, 0.5) is 11.6 Å². The standard InChI is InChI=1S/C20H26ClN5O2S/c1-16-5-6-17(15-18(16)21)29(27,28)26-13-11-25(12-14-26)20-8-7-19(22-23-20)24-9-3-2-4-10-24/h5-8,15H,2-4,9-14H2,1H3. The number of anilines is 2. The molecule has 2 saturated heterocycles. The third kappa shape index (κ3) is 4.34. The summed E-state index contributed by atoms with van der Waals surface area (Å²) in [5, 5.41) is 9.26. The van der Waals surface area contributed by atoms with Crippen LogP contribution in [0.3, 0.4) is 0 Å². The first-order chi connectivity index (χ1) is 13.9. The molecule has 4 rings (SSSR count). The van der Waals surface area contributed by atoms with E-state index in [0.717, 1.165) is 30.3 Å². The van der Waals surface area contributed by atoms with Gasteiger partial charge >= 0.3 is 0 Å². The van der Waals surface area contributed by atoms with Crippen molar-refractivity contribution in [2.24, 2.45) is 0 Å². The second kappa shape index (κ2) is 8.45. The largest absolute Gasteiger partial charge is 0.355 e. The van der Waals surface area contributed by atoms with Crippen LogP contribution in [-0.2, 0) is 10.0 Å². The summed E-state index contributed by atoms with van der Waals surface area (Å²) in [7, 11) is -3.55. The molecule has 7 nitrogen and oxygen atoms in total. The first-order valence-corrected chi connectivity index (χ1v) is 11.9. The summed E-state index contributed by atoms with van der Waals surface area (Å²) in [6.45, 7) is 5.90. The molecule has 0 amide bonds. The highest BCUT2D eigenvalue weighted by Crippen LogP contribution is 2.25. The Morgan fingerprint density at radius 3 is 1.97 bits per heavy atom. The van der Waals surface area contributed by atoms with Crippen LogP contribution in [0.25, 0.3) is 0 Å². The van der Waals surface area contributed by atoms with Gasteiger partial charge in [-0.1, -0.05) is 17.7 Å². The Hall–Kier alpha value is -1.90. The third-order valence-electron chi connectivity index (χ3n) is 5.66. The van der Waals surface area contributed by atoms with E-state index in [4.69, 9.17) is 11.6 Å². The van der Waals surface area contributed by atoms with Gasteiger partial charge < -0.3 is 9.80 Å². The molecule has 1 aromatic carbocycles. The van der Waals surface area contributed by atoms with Gasteiger partial charge in [0.05, 0.1) is 4.90 Å². The summed E-state index contributed by atoms with van der Waals surface area (Å²) < 4.78 is 27.4. The summed E-state index contributed by atoms with van der Waals surface area (Å²) in [6.07, 6.45) is 3.68. The Labute approximate surface area is 177 Å². The van der Waals surface area contributed by atoms with E-state index in [1.165, 1.54) is 29.6 Å². The molecule has 0 N–H and O–H groups in total. The highest BCUT2D eigenvalue weighted by molar-refractivity contribution is 7.89. The van der Waals surface area contributed by atoms with Crippen LogP contribution in [-0.4, -0.2) is 62.2 Å². The number of hydrogen-bond donors (Lipinski definition) is 0. The fourth-order valence-electron chi connectivity index (χ4n) is 3.82. The molecule has 0 radical (unpaired) electrons. The highest BCUT2D eigenvalue weighted by atomic mass is 35.5. The lowest BCUT2D eigenvalue weighted by Crippen LogP contribution is -2.49. The number of rotatable bonds is 4. The smallest absolute Gasteiger partial charge is 0.243 e. The van der Waals surface area contributed by atoms with Crippen molar-refractivity contribution in [1.29, 1.82) is 0 Å². The number of aryl methyl sites for hydroxylation is 1. The quantitative estimate of drug-likeness (QED) is 0.735. The first-order valence-electron chi connectivity index (χ1n) is 10.0. The number of benzene rings is 1. The molecule has 0 atom stereocenters. The summed E-state index contributed by atoms with van der Waals surface area (Å²) in [4.78, 5) is 4.60. The van der Waals surface area contributed by atoms with Crippen LogP contribution in [0.1, 0.15) is 24.8 Å². The summed E-state index contributed by atoms with van der Waals surface area (Å²) >= 11 is 6.12. The predicted molar refractivity (Wildman–Crippen MR) is 115 cm³/mol. The second-order valence-electron chi connectivity index (χ2n) is 7.60. The van der Waals surface area contributed by atoms with Crippen molar-refractivity contribution in [1.82, 2.24) is 14.5 Å². The molecule has 0 bridgehead atoms. The van der Waals surface area contributed by atoms with Gasteiger partial charge in [-0.05, 0) is 56.0 Å². The lowest BCUT2D eigenvalue weighted by molar-refractivity contribution is 0.383. The van der Waals surface area contributed by atoms with Gasteiger partial charge in [0.2, 0.25) is 10.0 Å². The number of nitrogens with zero attached hydrogens (tertiary/aromatic N) is 5. The minimum atomic E-state index is -3.55. The van der Waals surface area contributed by atoms with Crippen molar-refractivity contribution >= 4 is 33.3 Å². The first kappa shape index (κ1) is 20.4. The Balaban J connectivity index is 1.40. The van der Waals surface area contributed by atoms with Crippen LogP contribution in [0.15, 0.2) is 35.2 Å². The normalized spacial score (nSPS) is 18.8. The van der Waals surface area contributed by atoms with Crippen molar-refractivity contribution in [3.05, 3.63) is 40.9 Å². The Kier molecular flexibility index (Phi) is 5.94. The molecular weight excluding hydrogens is 410 g/mol. The number of sulfonamides is 1. The topological polar surface area (TPSA) is 69.6 Å². The third-order valence-corrected chi connectivity index (χ3v) is 7.96.